The van der Waals surface area contributed by atoms with Crippen LogP contribution in [0.4, 0.5) is 0 Å². The molecule has 1 heterocycles. The Kier molecular flexibility index (Phi) is 3.50. The highest BCUT2D eigenvalue weighted by Crippen LogP contribution is 2.59. The molecular formula is C18H24N2O2. The average molecular weight is 300 g/mol. The van der Waals surface area contributed by atoms with Gasteiger partial charge in [0.1, 0.15) is 5.82 Å². The minimum absolute atomic E-state index is 0.0846. The summed E-state index contributed by atoms with van der Waals surface area (Å²) in [6.45, 7) is 8.65. The van der Waals surface area contributed by atoms with Crippen LogP contribution in [0.2, 0.25) is 0 Å². The summed E-state index contributed by atoms with van der Waals surface area (Å²) in [5.41, 5.74) is 1.37. The van der Waals surface area contributed by atoms with Crippen LogP contribution < -0.4 is 0 Å². The lowest BCUT2D eigenvalue weighted by atomic mass is 9.65. The standard InChI is InChI=1S/C18H24N2O2/c1-5-22-16(21)18(4)11-10-12(17(18,2)3)15-19-13-8-6-7-9-14(13)20-15/h6-9,12H,5,10-11H2,1-4H3,(H,19,20)/t12-,18-/m0/s1. The number of imidazole rings is 1. The highest BCUT2D eigenvalue weighted by atomic mass is 16.5. The molecule has 0 saturated heterocycles. The summed E-state index contributed by atoms with van der Waals surface area (Å²) in [7, 11) is 0. The number of nitrogens with one attached hydrogen (secondary N) is 1. The van der Waals surface area contributed by atoms with E-state index in [0.717, 1.165) is 29.7 Å². The van der Waals surface area contributed by atoms with Gasteiger partial charge >= 0.3 is 5.97 Å². The molecule has 4 heteroatoms. The van der Waals surface area contributed by atoms with E-state index in [2.05, 4.69) is 18.8 Å². The fraction of sp³-hybridized carbons (Fsp3) is 0.556. The van der Waals surface area contributed by atoms with Crippen molar-refractivity contribution in [1.82, 2.24) is 9.97 Å². The molecule has 0 aliphatic heterocycles. The normalized spacial score (nSPS) is 27.2. The van der Waals surface area contributed by atoms with Crippen LogP contribution in [-0.4, -0.2) is 22.5 Å². The van der Waals surface area contributed by atoms with E-state index in [9.17, 15) is 4.79 Å². The Hall–Kier alpha value is -1.84. The predicted molar refractivity (Wildman–Crippen MR) is 86.6 cm³/mol. The highest BCUT2D eigenvalue weighted by Gasteiger charge is 2.57. The monoisotopic (exact) mass is 300 g/mol. The number of esters is 1. The minimum atomic E-state index is -0.466. The third-order valence-corrected chi connectivity index (χ3v) is 5.69. The van der Waals surface area contributed by atoms with Gasteiger partial charge in [0.05, 0.1) is 23.1 Å². The first-order chi connectivity index (χ1) is 10.4. The van der Waals surface area contributed by atoms with Crippen molar-refractivity contribution < 1.29 is 9.53 Å². The quantitative estimate of drug-likeness (QED) is 0.870. The number of aromatic nitrogens is 2. The van der Waals surface area contributed by atoms with Gasteiger partial charge in [0.25, 0.3) is 0 Å². The lowest BCUT2D eigenvalue weighted by molar-refractivity contribution is -0.160. The summed E-state index contributed by atoms with van der Waals surface area (Å²) >= 11 is 0. The summed E-state index contributed by atoms with van der Waals surface area (Å²) < 4.78 is 5.34. The number of hydrogen-bond donors (Lipinski definition) is 1. The SMILES string of the molecule is CCOC(=O)[C@]1(C)CC[C@@H](c2nc3ccccc3[nH]2)C1(C)C. The van der Waals surface area contributed by atoms with Crippen molar-refractivity contribution in [3.63, 3.8) is 0 Å². The van der Waals surface area contributed by atoms with E-state index in [-0.39, 0.29) is 17.3 Å². The first kappa shape index (κ1) is 15.1. The van der Waals surface area contributed by atoms with Gasteiger partial charge in [-0.2, -0.15) is 0 Å². The molecule has 1 aromatic carbocycles. The minimum Gasteiger partial charge on any atom is -0.466 e. The van der Waals surface area contributed by atoms with Crippen molar-refractivity contribution in [3.05, 3.63) is 30.1 Å². The van der Waals surface area contributed by atoms with Gasteiger partial charge in [-0.1, -0.05) is 26.0 Å². The molecule has 118 valence electrons. The summed E-state index contributed by atoms with van der Waals surface area (Å²) in [4.78, 5) is 20.7. The molecule has 4 nitrogen and oxygen atoms in total. The molecule has 0 unspecified atom stereocenters. The smallest absolute Gasteiger partial charge is 0.312 e. The van der Waals surface area contributed by atoms with E-state index in [1.807, 2.05) is 38.1 Å². The molecule has 22 heavy (non-hydrogen) atoms. The first-order valence-electron chi connectivity index (χ1n) is 8.02. The van der Waals surface area contributed by atoms with Crippen LogP contribution in [-0.2, 0) is 9.53 Å². The van der Waals surface area contributed by atoms with Gasteiger partial charge in [-0.3, -0.25) is 4.79 Å². The van der Waals surface area contributed by atoms with Crippen molar-refractivity contribution in [1.29, 1.82) is 0 Å². The highest BCUT2D eigenvalue weighted by molar-refractivity contribution is 5.79. The van der Waals surface area contributed by atoms with Crippen LogP contribution in [0.3, 0.4) is 0 Å². The zero-order valence-electron chi connectivity index (χ0n) is 13.8. The number of H-pyrrole nitrogens is 1. The van der Waals surface area contributed by atoms with Gasteiger partial charge in [0, 0.05) is 5.92 Å². The van der Waals surface area contributed by atoms with Gasteiger partial charge in [-0.05, 0) is 44.2 Å². The second-order valence-electron chi connectivity index (χ2n) is 7.00. The second kappa shape index (κ2) is 5.11. The number of carbonyl (C=O) groups excluding carboxylic acids is 1. The second-order valence-corrected chi connectivity index (χ2v) is 7.00. The Morgan fingerprint density at radius 1 is 1.36 bits per heavy atom. The van der Waals surface area contributed by atoms with Crippen LogP contribution in [0.1, 0.15) is 52.3 Å². The van der Waals surface area contributed by atoms with E-state index in [1.54, 1.807) is 0 Å². The van der Waals surface area contributed by atoms with Gasteiger partial charge in [0.2, 0.25) is 0 Å². The molecule has 1 saturated carbocycles. The third kappa shape index (κ3) is 2.04. The molecule has 1 aromatic heterocycles. The van der Waals surface area contributed by atoms with Crippen LogP contribution in [0.15, 0.2) is 24.3 Å². The zero-order chi connectivity index (χ0) is 16.0. The Morgan fingerprint density at radius 3 is 2.77 bits per heavy atom. The molecule has 2 atom stereocenters. The van der Waals surface area contributed by atoms with E-state index in [0.29, 0.717) is 6.61 Å². The molecule has 0 bridgehead atoms. The van der Waals surface area contributed by atoms with Crippen LogP contribution in [0, 0.1) is 10.8 Å². The molecule has 0 amide bonds. The predicted octanol–water partition coefficient (Wildman–Crippen LogP) is 4.04. The van der Waals surface area contributed by atoms with Crippen LogP contribution in [0.25, 0.3) is 11.0 Å². The van der Waals surface area contributed by atoms with Crippen molar-refractivity contribution in [2.75, 3.05) is 6.61 Å². The number of benzene rings is 1. The third-order valence-electron chi connectivity index (χ3n) is 5.69. The molecule has 1 aliphatic carbocycles. The number of hydrogen-bond acceptors (Lipinski definition) is 3. The Morgan fingerprint density at radius 2 is 2.09 bits per heavy atom. The van der Waals surface area contributed by atoms with Crippen LogP contribution in [0.5, 0.6) is 0 Å². The molecule has 1 fully saturated rings. The lowest BCUT2D eigenvalue weighted by Crippen LogP contribution is -2.41. The van der Waals surface area contributed by atoms with E-state index in [1.165, 1.54) is 0 Å². The Labute approximate surface area is 131 Å². The summed E-state index contributed by atoms with van der Waals surface area (Å²) in [6.07, 6.45) is 1.78. The van der Waals surface area contributed by atoms with Gasteiger partial charge in [-0.25, -0.2) is 4.98 Å². The largest absolute Gasteiger partial charge is 0.466 e. The van der Waals surface area contributed by atoms with Crippen molar-refractivity contribution in [2.24, 2.45) is 10.8 Å². The molecule has 0 spiro atoms. The number of fused-ring (bicyclic) bond motifs is 1. The average Bonchev–Trinajstić information content (AvgIpc) is 2.99. The number of rotatable bonds is 3. The Bertz CT molecular complexity index is 671. The van der Waals surface area contributed by atoms with E-state index >= 15 is 0 Å². The van der Waals surface area contributed by atoms with E-state index < -0.39 is 5.41 Å². The molecule has 1 N–H and O–H groups in total. The fourth-order valence-corrected chi connectivity index (χ4v) is 3.77. The van der Waals surface area contributed by atoms with Gasteiger partial charge < -0.3 is 9.72 Å². The summed E-state index contributed by atoms with van der Waals surface area (Å²) in [5.74, 6) is 1.13. The van der Waals surface area contributed by atoms with Gasteiger partial charge in [-0.15, -0.1) is 0 Å². The topological polar surface area (TPSA) is 55.0 Å². The molecule has 2 aromatic rings. The van der Waals surface area contributed by atoms with Crippen molar-refractivity contribution in [2.45, 2.75) is 46.5 Å². The van der Waals surface area contributed by atoms with E-state index in [4.69, 9.17) is 9.72 Å². The van der Waals surface area contributed by atoms with Crippen molar-refractivity contribution >= 4 is 17.0 Å². The summed E-state index contributed by atoms with van der Waals surface area (Å²) in [6, 6.07) is 8.06. The number of para-hydroxylation sites is 2. The van der Waals surface area contributed by atoms with Crippen molar-refractivity contribution in [3.8, 4) is 0 Å². The molecule has 1 aliphatic rings. The maximum atomic E-state index is 12.5. The van der Waals surface area contributed by atoms with Crippen LogP contribution >= 0.6 is 0 Å². The maximum Gasteiger partial charge on any atom is 0.312 e. The first-order valence-corrected chi connectivity index (χ1v) is 8.02. The number of carbonyl (C=O) groups is 1. The summed E-state index contributed by atoms with van der Waals surface area (Å²) in [5, 5.41) is 0. The number of nitrogens with zero attached hydrogens (tertiary/aromatic N) is 1. The zero-order valence-corrected chi connectivity index (χ0v) is 13.8. The molecule has 0 radical (unpaired) electrons. The lowest BCUT2D eigenvalue weighted by Gasteiger charge is -2.39. The molecule has 3 rings (SSSR count). The molecular weight excluding hydrogens is 276 g/mol. The fourth-order valence-electron chi connectivity index (χ4n) is 3.77. The Balaban J connectivity index is 1.97. The van der Waals surface area contributed by atoms with Gasteiger partial charge in [0.15, 0.2) is 0 Å². The maximum absolute atomic E-state index is 12.5. The number of ether oxygens (including phenoxy) is 1. The number of aromatic amines is 1.